The summed E-state index contributed by atoms with van der Waals surface area (Å²) < 4.78 is 17.4. The fourth-order valence-corrected chi connectivity index (χ4v) is 3.95. The number of carbonyl (C=O) groups is 1. The number of furan rings is 1. The van der Waals surface area contributed by atoms with Crippen LogP contribution in [0.5, 0.6) is 11.5 Å². The number of halogens is 1. The minimum absolute atomic E-state index is 0. The third-order valence-electron chi connectivity index (χ3n) is 5.58. The lowest BCUT2D eigenvalue weighted by atomic mass is 10.1. The molecular formula is C26H31ClN2O4. The zero-order valence-corrected chi connectivity index (χ0v) is 20.2. The average molecular weight is 471 g/mol. The van der Waals surface area contributed by atoms with Gasteiger partial charge in [-0.3, -0.25) is 4.79 Å². The van der Waals surface area contributed by atoms with E-state index in [0.29, 0.717) is 37.6 Å². The summed E-state index contributed by atoms with van der Waals surface area (Å²) in [5.74, 6) is 3.24. The van der Waals surface area contributed by atoms with E-state index in [1.54, 1.807) is 7.11 Å². The molecule has 1 aliphatic heterocycles. The minimum Gasteiger partial charge on any atom is -0.493 e. The van der Waals surface area contributed by atoms with E-state index < -0.39 is 0 Å². The fourth-order valence-electron chi connectivity index (χ4n) is 3.95. The van der Waals surface area contributed by atoms with Crippen molar-refractivity contribution in [3.05, 3.63) is 82.8 Å². The highest BCUT2D eigenvalue weighted by Gasteiger charge is 2.24. The van der Waals surface area contributed by atoms with Crippen LogP contribution in [-0.4, -0.2) is 43.5 Å². The molecule has 0 fully saturated rings. The van der Waals surface area contributed by atoms with E-state index in [1.165, 1.54) is 5.56 Å². The molecule has 176 valence electrons. The highest BCUT2D eigenvalue weighted by molar-refractivity contribution is 5.85. The second-order valence-corrected chi connectivity index (χ2v) is 8.40. The molecule has 1 aliphatic rings. The van der Waals surface area contributed by atoms with Gasteiger partial charge in [0.2, 0.25) is 5.91 Å². The predicted octanol–water partition coefficient (Wildman–Crippen LogP) is 4.48. The number of carbonyl (C=O) groups excluding carboxylic acids is 1. The van der Waals surface area contributed by atoms with Gasteiger partial charge in [0.1, 0.15) is 18.1 Å². The Hall–Kier alpha value is -2.96. The molecule has 7 heteroatoms. The van der Waals surface area contributed by atoms with Crippen molar-refractivity contribution in [2.75, 3.05) is 27.7 Å². The van der Waals surface area contributed by atoms with Crippen LogP contribution >= 0.6 is 12.4 Å². The number of methoxy groups -OCH3 is 1. The summed E-state index contributed by atoms with van der Waals surface area (Å²) in [7, 11) is 5.65. The molecule has 33 heavy (non-hydrogen) atoms. The summed E-state index contributed by atoms with van der Waals surface area (Å²) in [6, 6.07) is 17.8. The fraction of sp³-hybridized carbons (Fsp3) is 0.346. The minimum atomic E-state index is 0. The van der Waals surface area contributed by atoms with E-state index >= 15 is 0 Å². The number of nitrogens with zero attached hydrogens (tertiary/aromatic N) is 2. The molecule has 0 aliphatic carbocycles. The van der Waals surface area contributed by atoms with Gasteiger partial charge < -0.3 is 23.7 Å². The first kappa shape index (κ1) is 24.7. The van der Waals surface area contributed by atoms with Gasteiger partial charge in [0, 0.05) is 6.54 Å². The van der Waals surface area contributed by atoms with Crippen LogP contribution < -0.4 is 9.47 Å². The highest BCUT2D eigenvalue weighted by Crippen LogP contribution is 2.30. The third kappa shape index (κ3) is 6.30. The zero-order valence-electron chi connectivity index (χ0n) is 19.4. The monoisotopic (exact) mass is 470 g/mol. The van der Waals surface area contributed by atoms with Gasteiger partial charge in [-0.1, -0.05) is 36.4 Å². The molecule has 2 aromatic carbocycles. The number of fused-ring (bicyclic) bond motifs is 1. The van der Waals surface area contributed by atoms with Gasteiger partial charge in [-0.15, -0.1) is 12.4 Å². The summed E-state index contributed by atoms with van der Waals surface area (Å²) in [4.78, 5) is 16.9. The van der Waals surface area contributed by atoms with Gasteiger partial charge >= 0.3 is 0 Å². The third-order valence-corrected chi connectivity index (χ3v) is 5.58. The van der Waals surface area contributed by atoms with Crippen LogP contribution in [0.4, 0.5) is 0 Å². The lowest BCUT2D eigenvalue weighted by molar-refractivity contribution is -0.131. The van der Waals surface area contributed by atoms with E-state index in [0.717, 1.165) is 35.6 Å². The number of benzene rings is 2. The molecule has 0 unspecified atom stereocenters. The van der Waals surface area contributed by atoms with Crippen molar-refractivity contribution in [2.24, 2.45) is 0 Å². The Bertz CT molecular complexity index is 1070. The van der Waals surface area contributed by atoms with Crippen LogP contribution in [0.15, 0.2) is 59.0 Å². The molecule has 6 nitrogen and oxygen atoms in total. The van der Waals surface area contributed by atoms with E-state index in [1.807, 2.05) is 67.5 Å². The number of ether oxygens (including phenoxy) is 2. The van der Waals surface area contributed by atoms with Gasteiger partial charge in [0.25, 0.3) is 0 Å². The summed E-state index contributed by atoms with van der Waals surface area (Å²) in [6.07, 6.45) is 1.14. The Morgan fingerprint density at radius 1 is 1.06 bits per heavy atom. The Morgan fingerprint density at radius 2 is 1.85 bits per heavy atom. The molecule has 0 saturated carbocycles. The zero-order chi connectivity index (χ0) is 22.5. The summed E-state index contributed by atoms with van der Waals surface area (Å²) in [6.45, 7) is 2.46. The van der Waals surface area contributed by atoms with Gasteiger partial charge in [-0.2, -0.15) is 0 Å². The van der Waals surface area contributed by atoms with Gasteiger partial charge in [-0.25, -0.2) is 0 Å². The lowest BCUT2D eigenvalue weighted by Crippen LogP contribution is -2.36. The first-order valence-corrected chi connectivity index (χ1v) is 10.9. The molecule has 1 aromatic heterocycles. The topological polar surface area (TPSA) is 55.2 Å². The molecule has 4 rings (SSSR count). The Balaban J connectivity index is 0.00000306. The quantitative estimate of drug-likeness (QED) is 0.486. The van der Waals surface area contributed by atoms with E-state index in [4.69, 9.17) is 13.9 Å². The maximum absolute atomic E-state index is 13.0. The Morgan fingerprint density at radius 3 is 2.58 bits per heavy atom. The molecule has 2 heterocycles. The molecular weight excluding hydrogens is 440 g/mol. The van der Waals surface area contributed by atoms with Crippen LogP contribution in [-0.2, 0) is 37.3 Å². The van der Waals surface area contributed by atoms with Crippen molar-refractivity contribution in [2.45, 2.75) is 32.5 Å². The Labute approximate surface area is 201 Å². The van der Waals surface area contributed by atoms with Crippen molar-refractivity contribution >= 4 is 18.3 Å². The average Bonchev–Trinajstić information content (AvgIpc) is 3.19. The van der Waals surface area contributed by atoms with Gasteiger partial charge in [0.15, 0.2) is 11.5 Å². The number of hydrogen-bond donors (Lipinski definition) is 0. The van der Waals surface area contributed by atoms with Crippen molar-refractivity contribution in [1.29, 1.82) is 0 Å². The highest BCUT2D eigenvalue weighted by atomic mass is 35.5. The SMILES string of the molecule is COc1cc(CC(=O)N2CCc3cc(CN(C)C)oc3C2)ccc1OCc1ccccc1.Cl. The number of hydrogen-bond acceptors (Lipinski definition) is 5. The maximum Gasteiger partial charge on any atom is 0.227 e. The van der Waals surface area contributed by atoms with Crippen LogP contribution in [0.3, 0.4) is 0 Å². The van der Waals surface area contributed by atoms with Crippen LogP contribution in [0.25, 0.3) is 0 Å². The molecule has 0 bridgehead atoms. The largest absolute Gasteiger partial charge is 0.493 e. The van der Waals surface area contributed by atoms with Gasteiger partial charge in [-0.05, 0) is 55.4 Å². The molecule has 0 spiro atoms. The van der Waals surface area contributed by atoms with Crippen LogP contribution in [0.2, 0.25) is 0 Å². The van der Waals surface area contributed by atoms with Crippen LogP contribution in [0, 0.1) is 0 Å². The second-order valence-electron chi connectivity index (χ2n) is 8.40. The molecule has 0 atom stereocenters. The predicted molar refractivity (Wildman–Crippen MR) is 130 cm³/mol. The summed E-state index contributed by atoms with van der Waals surface area (Å²) >= 11 is 0. The standard InChI is InChI=1S/C26H30N2O4.ClH/c1-27(2)16-22-15-21-11-12-28(17-25(21)32-22)26(29)14-20-9-10-23(24(13-20)30-3)31-18-19-7-5-4-6-8-19;/h4-10,13,15H,11-12,14,16-18H2,1-3H3;1H. The number of amides is 1. The van der Waals surface area contributed by atoms with Crippen molar-refractivity contribution < 1.29 is 18.7 Å². The second kappa shape index (κ2) is 11.3. The molecule has 0 N–H and O–H groups in total. The first-order chi connectivity index (χ1) is 15.5. The lowest BCUT2D eigenvalue weighted by Gasteiger charge is -2.26. The molecule has 3 aromatic rings. The number of rotatable bonds is 8. The van der Waals surface area contributed by atoms with E-state index in [2.05, 4.69) is 11.0 Å². The van der Waals surface area contributed by atoms with Crippen LogP contribution in [0.1, 0.15) is 28.2 Å². The molecule has 0 saturated heterocycles. The Kier molecular flexibility index (Phi) is 8.42. The molecule has 1 amide bonds. The first-order valence-electron chi connectivity index (χ1n) is 10.9. The van der Waals surface area contributed by atoms with E-state index in [-0.39, 0.29) is 18.3 Å². The molecule has 0 radical (unpaired) electrons. The smallest absolute Gasteiger partial charge is 0.227 e. The normalized spacial score (nSPS) is 12.8. The van der Waals surface area contributed by atoms with Crippen molar-refractivity contribution in [1.82, 2.24) is 9.80 Å². The maximum atomic E-state index is 13.0. The van der Waals surface area contributed by atoms with Crippen molar-refractivity contribution in [3.63, 3.8) is 0 Å². The van der Waals surface area contributed by atoms with Crippen molar-refractivity contribution in [3.8, 4) is 11.5 Å². The van der Waals surface area contributed by atoms with E-state index in [9.17, 15) is 4.79 Å². The summed E-state index contributed by atoms with van der Waals surface area (Å²) in [5.41, 5.74) is 3.20. The summed E-state index contributed by atoms with van der Waals surface area (Å²) in [5, 5.41) is 0. The van der Waals surface area contributed by atoms with Gasteiger partial charge in [0.05, 0.1) is 26.6 Å².